The third-order valence-corrected chi connectivity index (χ3v) is 6.84. The van der Waals surface area contributed by atoms with Crippen LogP contribution in [0.5, 0.6) is 0 Å². The fraction of sp³-hybridized carbons (Fsp3) is 0.571. The van der Waals surface area contributed by atoms with Crippen LogP contribution in [0, 0.1) is 11.7 Å². The van der Waals surface area contributed by atoms with Gasteiger partial charge in [0.15, 0.2) is 11.0 Å². The van der Waals surface area contributed by atoms with Gasteiger partial charge in [-0.3, -0.25) is 9.36 Å². The maximum absolute atomic E-state index is 14.3. The molecule has 7 heteroatoms. The normalized spacial score (nSPS) is 23.4. The maximum atomic E-state index is 14.3. The number of carbonyl (C=O) groups excluding carboxylic acids is 1. The first kappa shape index (κ1) is 19.4. The predicted molar refractivity (Wildman–Crippen MR) is 109 cm³/mol. The summed E-state index contributed by atoms with van der Waals surface area (Å²) < 4.78 is 16.3. The molecule has 1 heterocycles. The van der Waals surface area contributed by atoms with Crippen molar-refractivity contribution in [2.75, 3.05) is 0 Å². The molecule has 1 aromatic carbocycles. The quantitative estimate of drug-likeness (QED) is 0.718. The second-order valence-corrected chi connectivity index (χ2v) is 9.33. The number of aromatic nitrogens is 3. The Morgan fingerprint density at radius 1 is 1.21 bits per heavy atom. The summed E-state index contributed by atoms with van der Waals surface area (Å²) >= 11 is 1.41. The molecule has 150 valence electrons. The number of thioether (sulfide) groups is 1. The SMILES string of the molecule is C[C@H](Sc1nnc(-c2ccccc2F)n1C1CC1)C(=O)N[C@@H]1CCCC[C@@H]1C. The van der Waals surface area contributed by atoms with Crippen LogP contribution in [0.2, 0.25) is 0 Å². The van der Waals surface area contributed by atoms with Gasteiger partial charge in [-0.2, -0.15) is 0 Å². The summed E-state index contributed by atoms with van der Waals surface area (Å²) in [4.78, 5) is 12.7. The smallest absolute Gasteiger partial charge is 0.233 e. The van der Waals surface area contributed by atoms with Gasteiger partial charge in [0.05, 0.1) is 10.8 Å². The van der Waals surface area contributed by atoms with Crippen molar-refractivity contribution in [2.45, 2.75) is 74.9 Å². The summed E-state index contributed by atoms with van der Waals surface area (Å²) in [5, 5.41) is 12.2. The van der Waals surface area contributed by atoms with E-state index in [0.29, 0.717) is 28.5 Å². The minimum atomic E-state index is -0.301. The molecular formula is C21H27FN4OS. The number of carbonyl (C=O) groups is 1. The van der Waals surface area contributed by atoms with E-state index in [2.05, 4.69) is 22.4 Å². The molecule has 3 atom stereocenters. The van der Waals surface area contributed by atoms with E-state index in [-0.39, 0.29) is 23.0 Å². The number of rotatable bonds is 6. The van der Waals surface area contributed by atoms with Crippen LogP contribution in [-0.4, -0.2) is 32.0 Å². The Labute approximate surface area is 169 Å². The monoisotopic (exact) mass is 402 g/mol. The highest BCUT2D eigenvalue weighted by Gasteiger charge is 2.33. The van der Waals surface area contributed by atoms with Gasteiger partial charge in [-0.25, -0.2) is 4.39 Å². The molecule has 2 aliphatic carbocycles. The second kappa shape index (κ2) is 8.23. The first-order valence-corrected chi connectivity index (χ1v) is 11.1. The zero-order chi connectivity index (χ0) is 19.7. The minimum Gasteiger partial charge on any atom is -0.352 e. The fourth-order valence-electron chi connectivity index (χ4n) is 3.89. The maximum Gasteiger partial charge on any atom is 0.233 e. The molecule has 0 radical (unpaired) electrons. The van der Waals surface area contributed by atoms with Crippen LogP contribution < -0.4 is 5.32 Å². The van der Waals surface area contributed by atoms with Crippen molar-refractivity contribution >= 4 is 17.7 Å². The first-order valence-electron chi connectivity index (χ1n) is 10.2. The van der Waals surface area contributed by atoms with Gasteiger partial charge in [0.1, 0.15) is 5.82 Å². The van der Waals surface area contributed by atoms with E-state index in [4.69, 9.17) is 0 Å². The average Bonchev–Trinajstić information content (AvgIpc) is 3.44. The molecule has 0 spiro atoms. The summed E-state index contributed by atoms with van der Waals surface area (Å²) in [6.45, 7) is 4.12. The molecule has 2 fully saturated rings. The summed E-state index contributed by atoms with van der Waals surface area (Å²) in [6.07, 6.45) is 6.73. The Balaban J connectivity index is 1.50. The van der Waals surface area contributed by atoms with Gasteiger partial charge in [0.2, 0.25) is 5.91 Å². The summed E-state index contributed by atoms with van der Waals surface area (Å²) in [6, 6.07) is 7.20. The Hall–Kier alpha value is -1.89. The van der Waals surface area contributed by atoms with E-state index in [1.54, 1.807) is 18.2 Å². The highest BCUT2D eigenvalue weighted by Crippen LogP contribution is 2.42. The molecule has 0 saturated heterocycles. The summed E-state index contributed by atoms with van der Waals surface area (Å²) in [7, 11) is 0. The Morgan fingerprint density at radius 3 is 2.68 bits per heavy atom. The van der Waals surface area contributed by atoms with E-state index in [9.17, 15) is 9.18 Å². The molecule has 2 aliphatic rings. The van der Waals surface area contributed by atoms with Crippen LogP contribution in [0.3, 0.4) is 0 Å². The molecular weight excluding hydrogens is 375 g/mol. The third kappa shape index (κ3) is 4.09. The summed E-state index contributed by atoms with van der Waals surface area (Å²) in [5.74, 6) is 0.821. The van der Waals surface area contributed by atoms with E-state index in [1.165, 1.54) is 37.1 Å². The van der Waals surface area contributed by atoms with Crippen molar-refractivity contribution < 1.29 is 9.18 Å². The van der Waals surface area contributed by atoms with Crippen molar-refractivity contribution in [3.05, 3.63) is 30.1 Å². The van der Waals surface area contributed by atoms with E-state index >= 15 is 0 Å². The summed E-state index contributed by atoms with van der Waals surface area (Å²) in [5.41, 5.74) is 0.460. The van der Waals surface area contributed by atoms with E-state index in [1.807, 2.05) is 11.5 Å². The van der Waals surface area contributed by atoms with Crippen molar-refractivity contribution in [1.29, 1.82) is 0 Å². The molecule has 1 aromatic heterocycles. The largest absolute Gasteiger partial charge is 0.352 e. The average molecular weight is 403 g/mol. The Kier molecular flexibility index (Phi) is 5.71. The first-order chi connectivity index (χ1) is 13.5. The molecule has 0 bridgehead atoms. The molecule has 1 amide bonds. The third-order valence-electron chi connectivity index (χ3n) is 5.78. The molecule has 0 unspecified atom stereocenters. The van der Waals surface area contributed by atoms with E-state index < -0.39 is 0 Å². The van der Waals surface area contributed by atoms with Crippen LogP contribution in [0.1, 0.15) is 58.4 Å². The fourth-order valence-corrected chi connectivity index (χ4v) is 4.82. The van der Waals surface area contributed by atoms with Gasteiger partial charge < -0.3 is 5.32 Å². The van der Waals surface area contributed by atoms with Gasteiger partial charge in [0, 0.05) is 12.1 Å². The van der Waals surface area contributed by atoms with Crippen LogP contribution in [-0.2, 0) is 4.79 Å². The van der Waals surface area contributed by atoms with Crippen LogP contribution >= 0.6 is 11.8 Å². The van der Waals surface area contributed by atoms with Gasteiger partial charge in [-0.05, 0) is 50.7 Å². The predicted octanol–water partition coefficient (Wildman–Crippen LogP) is 4.59. The lowest BCUT2D eigenvalue weighted by molar-refractivity contribution is -0.121. The van der Waals surface area contributed by atoms with Gasteiger partial charge in [-0.15, -0.1) is 10.2 Å². The van der Waals surface area contributed by atoms with Crippen LogP contribution in [0.4, 0.5) is 4.39 Å². The topological polar surface area (TPSA) is 59.8 Å². The molecule has 2 aromatic rings. The number of amides is 1. The lowest BCUT2D eigenvalue weighted by Crippen LogP contribution is -2.44. The lowest BCUT2D eigenvalue weighted by Gasteiger charge is -2.30. The number of benzene rings is 1. The van der Waals surface area contributed by atoms with Crippen molar-refractivity contribution in [3.63, 3.8) is 0 Å². The Morgan fingerprint density at radius 2 is 1.96 bits per heavy atom. The zero-order valence-corrected chi connectivity index (χ0v) is 17.2. The van der Waals surface area contributed by atoms with Gasteiger partial charge in [-0.1, -0.05) is 43.7 Å². The van der Waals surface area contributed by atoms with Gasteiger partial charge in [0.25, 0.3) is 0 Å². The number of nitrogens with one attached hydrogen (secondary N) is 1. The molecule has 28 heavy (non-hydrogen) atoms. The lowest BCUT2D eigenvalue weighted by atomic mass is 9.86. The standard InChI is InChI=1S/C21H27FN4OS/c1-13-7-3-6-10-18(13)23-20(27)14(2)28-21-25-24-19(26(21)15-11-12-15)16-8-4-5-9-17(16)22/h4-5,8-9,13-15,18H,3,6-7,10-12H2,1-2H3,(H,23,27)/t13-,14-,18+/m0/s1. The number of hydrogen-bond acceptors (Lipinski definition) is 4. The highest BCUT2D eigenvalue weighted by atomic mass is 32.2. The second-order valence-electron chi connectivity index (χ2n) is 8.02. The van der Waals surface area contributed by atoms with Gasteiger partial charge >= 0.3 is 0 Å². The highest BCUT2D eigenvalue weighted by molar-refractivity contribution is 8.00. The molecule has 4 rings (SSSR count). The van der Waals surface area contributed by atoms with Crippen molar-refractivity contribution in [1.82, 2.24) is 20.1 Å². The molecule has 2 saturated carbocycles. The van der Waals surface area contributed by atoms with E-state index in [0.717, 1.165) is 19.3 Å². The van der Waals surface area contributed by atoms with Crippen molar-refractivity contribution in [3.8, 4) is 11.4 Å². The van der Waals surface area contributed by atoms with Crippen LogP contribution in [0.25, 0.3) is 11.4 Å². The number of halogens is 1. The molecule has 5 nitrogen and oxygen atoms in total. The number of hydrogen-bond donors (Lipinski definition) is 1. The number of nitrogens with zero attached hydrogens (tertiary/aromatic N) is 3. The Bertz CT molecular complexity index is 851. The van der Waals surface area contributed by atoms with Crippen LogP contribution in [0.15, 0.2) is 29.4 Å². The zero-order valence-electron chi connectivity index (χ0n) is 16.4. The molecule has 0 aliphatic heterocycles. The molecule has 1 N–H and O–H groups in total. The van der Waals surface area contributed by atoms with Crippen molar-refractivity contribution in [2.24, 2.45) is 5.92 Å². The minimum absolute atomic E-state index is 0.0431.